The van der Waals surface area contributed by atoms with Gasteiger partial charge in [0.2, 0.25) is 0 Å². The van der Waals surface area contributed by atoms with Crippen LogP contribution in [0.4, 0.5) is 21.5 Å². The number of nitrogen functional groups attached to an aromatic ring is 1. The molecular weight excluding hydrogens is 297 g/mol. The number of nitriles is 1. The van der Waals surface area contributed by atoms with Crippen molar-refractivity contribution in [1.29, 1.82) is 5.26 Å². The first-order valence-corrected chi connectivity index (χ1v) is 5.92. The molecule has 0 spiro atoms. The van der Waals surface area contributed by atoms with Gasteiger partial charge in [-0.3, -0.25) is 0 Å². The van der Waals surface area contributed by atoms with Crippen molar-refractivity contribution in [3.63, 3.8) is 0 Å². The van der Waals surface area contributed by atoms with Crippen LogP contribution in [-0.4, -0.2) is 0 Å². The summed E-state index contributed by atoms with van der Waals surface area (Å²) >= 11 is 3.30. The molecule has 0 amide bonds. The lowest BCUT2D eigenvalue weighted by molar-refractivity contribution is 0.624. The predicted molar refractivity (Wildman–Crippen MR) is 73.0 cm³/mol. The Morgan fingerprint density at radius 2 is 2.00 bits per heavy atom. The zero-order valence-electron chi connectivity index (χ0n) is 9.24. The number of halogens is 2. The molecule has 0 aliphatic rings. The molecule has 0 heterocycles. The minimum Gasteiger partial charge on any atom is -0.397 e. The van der Waals surface area contributed by atoms with E-state index < -0.39 is 5.82 Å². The Kier molecular flexibility index (Phi) is 3.49. The minimum atomic E-state index is -0.557. The number of hydrogen-bond donors (Lipinski definition) is 2. The maximum Gasteiger partial charge on any atom is 0.143 e. The van der Waals surface area contributed by atoms with Crippen LogP contribution in [-0.2, 0) is 0 Å². The van der Waals surface area contributed by atoms with Gasteiger partial charge in [0.25, 0.3) is 0 Å². The van der Waals surface area contributed by atoms with E-state index >= 15 is 0 Å². The molecule has 3 nitrogen and oxygen atoms in total. The van der Waals surface area contributed by atoms with Crippen molar-refractivity contribution >= 4 is 33.0 Å². The first-order valence-electron chi connectivity index (χ1n) is 5.12. The van der Waals surface area contributed by atoms with E-state index in [1.807, 2.05) is 12.1 Å². The second-order valence-electron chi connectivity index (χ2n) is 3.63. The number of nitrogens with zero attached hydrogens (tertiary/aromatic N) is 1. The Morgan fingerprint density at radius 1 is 1.22 bits per heavy atom. The second kappa shape index (κ2) is 5.07. The van der Waals surface area contributed by atoms with Gasteiger partial charge in [0.15, 0.2) is 0 Å². The van der Waals surface area contributed by atoms with Gasteiger partial charge in [0, 0.05) is 4.47 Å². The highest BCUT2D eigenvalue weighted by Gasteiger charge is 2.09. The molecule has 2 aromatic rings. The first kappa shape index (κ1) is 12.4. The average Bonchev–Trinajstić information content (AvgIpc) is 2.33. The van der Waals surface area contributed by atoms with Crippen molar-refractivity contribution in [2.45, 2.75) is 0 Å². The summed E-state index contributed by atoms with van der Waals surface area (Å²) < 4.78 is 14.3. The number of hydrogen-bond acceptors (Lipinski definition) is 3. The van der Waals surface area contributed by atoms with Crippen molar-refractivity contribution in [2.24, 2.45) is 0 Å². The molecule has 0 aliphatic carbocycles. The van der Waals surface area contributed by atoms with Gasteiger partial charge in [-0.25, -0.2) is 4.39 Å². The van der Waals surface area contributed by atoms with Crippen LogP contribution >= 0.6 is 15.9 Å². The molecular formula is C13H9BrFN3. The Morgan fingerprint density at radius 3 is 2.67 bits per heavy atom. The molecule has 90 valence electrons. The van der Waals surface area contributed by atoms with Crippen LogP contribution in [0.25, 0.3) is 0 Å². The fraction of sp³-hybridized carbons (Fsp3) is 0. The van der Waals surface area contributed by atoms with Crippen LogP contribution in [0.15, 0.2) is 40.9 Å². The molecule has 0 fully saturated rings. The summed E-state index contributed by atoms with van der Waals surface area (Å²) in [6.07, 6.45) is 0. The summed E-state index contributed by atoms with van der Waals surface area (Å²) in [4.78, 5) is 0. The van der Waals surface area contributed by atoms with Crippen LogP contribution in [0.3, 0.4) is 0 Å². The number of anilines is 3. The summed E-state index contributed by atoms with van der Waals surface area (Å²) in [5.41, 5.74) is 7.33. The van der Waals surface area contributed by atoms with E-state index in [0.717, 1.165) is 4.47 Å². The van der Waals surface area contributed by atoms with Crippen LogP contribution in [0.5, 0.6) is 0 Å². The van der Waals surface area contributed by atoms with E-state index in [-0.39, 0.29) is 5.56 Å². The molecule has 2 rings (SSSR count). The second-order valence-corrected chi connectivity index (χ2v) is 4.55. The molecule has 0 radical (unpaired) electrons. The van der Waals surface area contributed by atoms with Crippen LogP contribution < -0.4 is 11.1 Å². The van der Waals surface area contributed by atoms with Gasteiger partial charge in [-0.2, -0.15) is 5.26 Å². The van der Waals surface area contributed by atoms with Crippen LogP contribution in [0.1, 0.15) is 5.56 Å². The van der Waals surface area contributed by atoms with Gasteiger partial charge < -0.3 is 11.1 Å². The smallest absolute Gasteiger partial charge is 0.143 e. The highest BCUT2D eigenvalue weighted by Crippen LogP contribution is 2.28. The summed E-state index contributed by atoms with van der Waals surface area (Å²) in [6, 6.07) is 11.5. The molecule has 0 aromatic heterocycles. The Bertz CT molecular complexity index is 635. The molecule has 0 saturated heterocycles. The fourth-order valence-electron chi connectivity index (χ4n) is 1.53. The quantitative estimate of drug-likeness (QED) is 0.830. The Balaban J connectivity index is 2.41. The summed E-state index contributed by atoms with van der Waals surface area (Å²) in [5, 5.41) is 11.9. The molecule has 0 aliphatic heterocycles. The van der Waals surface area contributed by atoms with Gasteiger partial charge in [-0.05, 0) is 30.3 Å². The van der Waals surface area contributed by atoms with E-state index in [9.17, 15) is 4.39 Å². The Labute approximate surface area is 112 Å². The van der Waals surface area contributed by atoms with Crippen molar-refractivity contribution in [3.8, 4) is 6.07 Å². The highest BCUT2D eigenvalue weighted by molar-refractivity contribution is 9.10. The number of benzene rings is 2. The molecule has 0 saturated carbocycles. The highest BCUT2D eigenvalue weighted by atomic mass is 79.9. The van der Waals surface area contributed by atoms with E-state index in [1.165, 1.54) is 12.1 Å². The van der Waals surface area contributed by atoms with Gasteiger partial charge in [-0.15, -0.1) is 0 Å². The number of rotatable bonds is 2. The zero-order valence-corrected chi connectivity index (χ0v) is 10.8. The molecule has 2 aromatic carbocycles. The van der Waals surface area contributed by atoms with Gasteiger partial charge in [-0.1, -0.05) is 22.0 Å². The minimum absolute atomic E-state index is 0.0279. The largest absolute Gasteiger partial charge is 0.397 e. The lowest BCUT2D eigenvalue weighted by atomic mass is 10.1. The third kappa shape index (κ3) is 2.44. The van der Waals surface area contributed by atoms with Crippen molar-refractivity contribution in [2.75, 3.05) is 11.1 Å². The van der Waals surface area contributed by atoms with Crippen molar-refractivity contribution in [3.05, 3.63) is 52.3 Å². The molecule has 18 heavy (non-hydrogen) atoms. The molecule has 5 heteroatoms. The molecule has 0 atom stereocenters. The molecule has 0 bridgehead atoms. The van der Waals surface area contributed by atoms with E-state index in [2.05, 4.69) is 21.2 Å². The van der Waals surface area contributed by atoms with Gasteiger partial charge in [0.1, 0.15) is 17.4 Å². The van der Waals surface area contributed by atoms with Gasteiger partial charge in [0.05, 0.1) is 17.1 Å². The topological polar surface area (TPSA) is 61.8 Å². The monoisotopic (exact) mass is 305 g/mol. The third-order valence-electron chi connectivity index (χ3n) is 2.41. The van der Waals surface area contributed by atoms with E-state index in [1.54, 1.807) is 18.2 Å². The van der Waals surface area contributed by atoms with Crippen LogP contribution in [0, 0.1) is 17.1 Å². The lowest BCUT2D eigenvalue weighted by Gasteiger charge is -2.11. The van der Waals surface area contributed by atoms with Crippen molar-refractivity contribution in [1.82, 2.24) is 0 Å². The zero-order chi connectivity index (χ0) is 13.1. The Hall–Kier alpha value is -2.06. The maximum absolute atomic E-state index is 13.4. The summed E-state index contributed by atoms with van der Waals surface area (Å²) in [7, 11) is 0. The van der Waals surface area contributed by atoms with E-state index in [0.29, 0.717) is 17.1 Å². The summed E-state index contributed by atoms with van der Waals surface area (Å²) in [5.74, 6) is -0.557. The predicted octanol–water partition coefficient (Wildman–Crippen LogP) is 3.79. The third-order valence-corrected chi connectivity index (χ3v) is 2.90. The number of nitrogens with two attached hydrogens (primary N) is 1. The molecule has 3 N–H and O–H groups in total. The van der Waals surface area contributed by atoms with Gasteiger partial charge >= 0.3 is 0 Å². The lowest BCUT2D eigenvalue weighted by Crippen LogP contribution is -1.99. The normalized spacial score (nSPS) is 9.83. The SMILES string of the molecule is N#Cc1c(F)cccc1Nc1ccc(Br)cc1N. The first-order chi connectivity index (χ1) is 8.61. The maximum atomic E-state index is 13.4. The van der Waals surface area contributed by atoms with E-state index in [4.69, 9.17) is 11.0 Å². The van der Waals surface area contributed by atoms with Crippen LogP contribution in [0.2, 0.25) is 0 Å². The average molecular weight is 306 g/mol. The standard InChI is InChI=1S/C13H9BrFN3/c14-8-4-5-13(11(17)6-8)18-12-3-1-2-10(15)9(12)7-16/h1-6,18H,17H2. The molecule has 0 unspecified atom stereocenters. The number of nitrogens with one attached hydrogen (secondary N) is 1. The summed E-state index contributed by atoms with van der Waals surface area (Å²) in [6.45, 7) is 0. The fourth-order valence-corrected chi connectivity index (χ4v) is 1.91. The van der Waals surface area contributed by atoms with Crippen molar-refractivity contribution < 1.29 is 4.39 Å².